The highest BCUT2D eigenvalue weighted by Gasteiger charge is 2.32. The van der Waals surface area contributed by atoms with Crippen LogP contribution in [0.5, 0.6) is 0 Å². The maximum absolute atomic E-state index is 13.9. The number of tetrazole rings is 1. The Labute approximate surface area is 272 Å². The van der Waals surface area contributed by atoms with Crippen molar-refractivity contribution >= 4 is 39.8 Å². The zero-order valence-corrected chi connectivity index (χ0v) is 28.4. The van der Waals surface area contributed by atoms with E-state index in [1.165, 1.54) is 11.8 Å². The summed E-state index contributed by atoms with van der Waals surface area (Å²) in [5.74, 6) is -0.0619. The first-order valence-corrected chi connectivity index (χ1v) is 17.0. The van der Waals surface area contributed by atoms with Gasteiger partial charge in [-0.2, -0.15) is 0 Å². The van der Waals surface area contributed by atoms with Crippen LogP contribution in [0.3, 0.4) is 0 Å². The van der Waals surface area contributed by atoms with Crippen LogP contribution in [0.15, 0.2) is 41.0 Å². The van der Waals surface area contributed by atoms with Crippen LogP contribution in [0.1, 0.15) is 76.8 Å². The SMILES string of the molecule is C=CCC.CCCCCN(CC(=O)C(NC(=O)[C@H](C)NC)C1CCCOCC1)CC1=NC(c2cc3nnnn3cc2C)=C=CS1. The van der Waals surface area contributed by atoms with E-state index in [1.807, 2.05) is 30.7 Å². The fourth-order valence-corrected chi connectivity index (χ4v) is 5.84. The van der Waals surface area contributed by atoms with Crippen LogP contribution in [-0.4, -0.2) is 93.7 Å². The molecular formula is C33H50N8O3S. The fraction of sp³-hybridized carbons (Fsp3) is 0.606. The molecular weight excluding hydrogens is 588 g/mol. The minimum atomic E-state index is -0.545. The number of nitrogens with zero attached hydrogens (tertiary/aromatic N) is 6. The lowest BCUT2D eigenvalue weighted by molar-refractivity contribution is -0.130. The van der Waals surface area contributed by atoms with Crippen molar-refractivity contribution in [1.82, 2.24) is 35.6 Å². The van der Waals surface area contributed by atoms with E-state index in [2.05, 4.69) is 57.2 Å². The Morgan fingerprint density at radius 2 is 2.09 bits per heavy atom. The second kappa shape index (κ2) is 19.4. The third-order valence-corrected chi connectivity index (χ3v) is 8.69. The molecule has 0 aromatic carbocycles. The van der Waals surface area contributed by atoms with Crippen LogP contribution in [0, 0.1) is 12.8 Å². The van der Waals surface area contributed by atoms with Gasteiger partial charge in [-0.25, -0.2) is 9.51 Å². The molecule has 0 saturated carbocycles. The van der Waals surface area contributed by atoms with Gasteiger partial charge in [0.2, 0.25) is 5.91 Å². The van der Waals surface area contributed by atoms with Crippen LogP contribution in [0.4, 0.5) is 0 Å². The lowest BCUT2D eigenvalue weighted by Gasteiger charge is -2.30. The number of Topliss-reactive ketones (excluding diaryl/α,β-unsaturated/α-hetero) is 1. The van der Waals surface area contributed by atoms with Gasteiger partial charge in [0.15, 0.2) is 11.4 Å². The molecule has 2 aliphatic rings. The molecule has 2 aromatic heterocycles. The van der Waals surface area contributed by atoms with Gasteiger partial charge in [-0.05, 0) is 87.5 Å². The molecule has 2 aliphatic heterocycles. The van der Waals surface area contributed by atoms with E-state index in [0.717, 1.165) is 73.4 Å². The number of pyridine rings is 1. The molecule has 12 heteroatoms. The number of carbonyl (C=O) groups is 2. The van der Waals surface area contributed by atoms with Crippen molar-refractivity contribution < 1.29 is 14.3 Å². The molecule has 1 fully saturated rings. The van der Waals surface area contributed by atoms with Crippen LogP contribution in [-0.2, 0) is 14.3 Å². The second-order valence-corrected chi connectivity index (χ2v) is 12.4. The third kappa shape index (κ3) is 11.3. The number of rotatable bonds is 15. The predicted octanol–water partition coefficient (Wildman–Crippen LogP) is 4.58. The minimum Gasteiger partial charge on any atom is -0.381 e. The first kappa shape index (κ1) is 36.3. The summed E-state index contributed by atoms with van der Waals surface area (Å²) < 4.78 is 7.30. The molecule has 4 heterocycles. The van der Waals surface area contributed by atoms with Crippen LogP contribution in [0.2, 0.25) is 0 Å². The summed E-state index contributed by atoms with van der Waals surface area (Å²) in [5.41, 5.74) is 6.56. The molecule has 11 nitrogen and oxygen atoms in total. The number of hydrogen-bond acceptors (Lipinski definition) is 10. The number of fused-ring (bicyclic) bond motifs is 1. The van der Waals surface area contributed by atoms with Gasteiger partial charge in [0.1, 0.15) is 5.70 Å². The topological polar surface area (TPSA) is 126 Å². The Hall–Kier alpha value is -3.15. The molecule has 246 valence electrons. The van der Waals surface area contributed by atoms with Crippen molar-refractivity contribution in [3.63, 3.8) is 0 Å². The smallest absolute Gasteiger partial charge is 0.237 e. The summed E-state index contributed by atoms with van der Waals surface area (Å²) in [4.78, 5) is 33.9. The van der Waals surface area contributed by atoms with Crippen molar-refractivity contribution in [1.29, 1.82) is 0 Å². The number of aromatic nitrogens is 4. The number of amides is 1. The van der Waals surface area contributed by atoms with Gasteiger partial charge in [-0.3, -0.25) is 14.5 Å². The van der Waals surface area contributed by atoms with Gasteiger partial charge in [0.25, 0.3) is 0 Å². The highest BCUT2D eigenvalue weighted by Crippen LogP contribution is 2.26. The predicted molar refractivity (Wildman–Crippen MR) is 182 cm³/mol. The largest absolute Gasteiger partial charge is 0.381 e. The van der Waals surface area contributed by atoms with Gasteiger partial charge in [0.05, 0.1) is 23.7 Å². The Bertz CT molecular complexity index is 1360. The van der Waals surface area contributed by atoms with E-state index < -0.39 is 6.04 Å². The minimum absolute atomic E-state index is 0.0402. The second-order valence-electron chi connectivity index (χ2n) is 11.5. The Morgan fingerprint density at radius 1 is 1.29 bits per heavy atom. The third-order valence-electron chi connectivity index (χ3n) is 7.96. The number of unbranched alkanes of at least 4 members (excludes halogenated alkanes) is 2. The standard InChI is InChI=1S/C29H42N8O3S.C4H8/c1-5-6-7-12-36(18-25(38)28(32-29(39)21(3)30-4)22-9-8-13-40-14-10-22)19-27-31-24(11-15-41-27)23-16-26-33-34-35-37(26)17-20(23)2;1-3-4-2/h15-17,21-22,28,30H,5-10,12-14,18-19H2,1-4H3,(H,32,39);3H,1,4H2,2H3/t21-,22?,28?;/m0./s1. The number of hydrogen-bond donors (Lipinski definition) is 2. The quantitative estimate of drug-likeness (QED) is 0.164. The number of ketones is 1. The fourth-order valence-electron chi connectivity index (χ4n) is 5.13. The number of likely N-dealkylation sites (N-methyl/N-ethyl adjacent to an activating group) is 1. The zero-order chi connectivity index (χ0) is 32.6. The molecule has 0 radical (unpaired) electrons. The van der Waals surface area contributed by atoms with Gasteiger partial charge in [-0.15, -0.1) is 11.7 Å². The van der Waals surface area contributed by atoms with Crippen molar-refractivity contribution in [2.24, 2.45) is 10.9 Å². The van der Waals surface area contributed by atoms with Gasteiger partial charge in [-0.1, -0.05) is 50.3 Å². The van der Waals surface area contributed by atoms with Crippen LogP contribution < -0.4 is 10.6 Å². The molecule has 2 aromatic rings. The number of carbonyl (C=O) groups excluding carboxylic acids is 2. The Kier molecular flexibility index (Phi) is 15.6. The zero-order valence-electron chi connectivity index (χ0n) is 27.6. The highest BCUT2D eigenvalue weighted by molar-refractivity contribution is 8.16. The summed E-state index contributed by atoms with van der Waals surface area (Å²) in [6.45, 7) is 14.4. The number of nitrogens with one attached hydrogen (secondary N) is 2. The average molecular weight is 639 g/mol. The number of aryl methyl sites for hydroxylation is 1. The van der Waals surface area contributed by atoms with E-state index in [1.54, 1.807) is 18.5 Å². The summed E-state index contributed by atoms with van der Waals surface area (Å²) in [6.07, 6.45) is 10.5. The van der Waals surface area contributed by atoms with E-state index in [0.29, 0.717) is 25.4 Å². The van der Waals surface area contributed by atoms with E-state index in [-0.39, 0.29) is 30.2 Å². The lowest BCUT2D eigenvalue weighted by atomic mass is 9.88. The summed E-state index contributed by atoms with van der Waals surface area (Å²) in [6, 6.07) is 0.992. The van der Waals surface area contributed by atoms with Gasteiger partial charge >= 0.3 is 0 Å². The number of thioether (sulfide) groups is 1. The van der Waals surface area contributed by atoms with E-state index in [4.69, 9.17) is 9.73 Å². The van der Waals surface area contributed by atoms with Crippen molar-refractivity contribution in [3.05, 3.63) is 47.2 Å². The van der Waals surface area contributed by atoms with Crippen LogP contribution in [0.25, 0.3) is 11.3 Å². The Balaban J connectivity index is 0.00000130. The van der Waals surface area contributed by atoms with E-state index >= 15 is 0 Å². The van der Waals surface area contributed by atoms with Crippen LogP contribution >= 0.6 is 11.8 Å². The Morgan fingerprint density at radius 3 is 2.82 bits per heavy atom. The molecule has 3 atom stereocenters. The maximum atomic E-state index is 13.9. The molecule has 0 bridgehead atoms. The van der Waals surface area contributed by atoms with Gasteiger partial charge in [0, 0.05) is 36.9 Å². The maximum Gasteiger partial charge on any atom is 0.237 e. The lowest BCUT2D eigenvalue weighted by Crippen LogP contribution is -2.53. The first-order valence-electron chi connectivity index (χ1n) is 16.1. The normalized spacial score (nSPS) is 17.9. The molecule has 4 rings (SSSR count). The molecule has 45 heavy (non-hydrogen) atoms. The molecule has 0 spiro atoms. The first-order chi connectivity index (χ1) is 21.8. The molecule has 0 aliphatic carbocycles. The monoisotopic (exact) mass is 638 g/mol. The highest BCUT2D eigenvalue weighted by atomic mass is 32.2. The van der Waals surface area contributed by atoms with Crippen molar-refractivity contribution in [3.8, 4) is 0 Å². The number of allylic oxidation sites excluding steroid dienone is 1. The van der Waals surface area contributed by atoms with Gasteiger partial charge < -0.3 is 15.4 Å². The van der Waals surface area contributed by atoms with Crippen molar-refractivity contribution in [2.75, 3.05) is 39.9 Å². The summed E-state index contributed by atoms with van der Waals surface area (Å²) in [7, 11) is 1.75. The van der Waals surface area contributed by atoms with Crippen molar-refractivity contribution in [2.45, 2.75) is 84.7 Å². The van der Waals surface area contributed by atoms with E-state index in [9.17, 15) is 9.59 Å². The molecule has 2 N–H and O–H groups in total. The molecule has 1 amide bonds. The summed E-state index contributed by atoms with van der Waals surface area (Å²) >= 11 is 1.52. The number of aliphatic imine (C=N–C) groups is 1. The average Bonchev–Trinajstić information content (AvgIpc) is 3.33. The number of ether oxygens (including phenoxy) is 1. The molecule has 2 unspecified atom stereocenters. The molecule has 1 saturated heterocycles. The summed E-state index contributed by atoms with van der Waals surface area (Å²) in [5, 5.41) is 20.7.